The fraction of sp³-hybridized carbons (Fsp3) is 0.500. The number of hydrazine groups is 1. The number of halogens is 2. The van der Waals surface area contributed by atoms with Gasteiger partial charge >= 0.3 is 0 Å². The first-order valence-electron chi connectivity index (χ1n) is 6.71. The van der Waals surface area contributed by atoms with E-state index >= 15 is 0 Å². The third kappa shape index (κ3) is 3.67. The van der Waals surface area contributed by atoms with E-state index in [1.807, 2.05) is 0 Å². The zero-order valence-electron chi connectivity index (χ0n) is 10.8. The molecule has 0 aliphatic heterocycles. The van der Waals surface area contributed by atoms with Crippen molar-refractivity contribution in [3.05, 3.63) is 34.6 Å². The molecule has 0 aromatic heterocycles. The quantitative estimate of drug-likeness (QED) is 0.287. The van der Waals surface area contributed by atoms with E-state index in [0.717, 1.165) is 25.7 Å². The number of rotatable bonds is 2. The van der Waals surface area contributed by atoms with Crippen molar-refractivity contribution >= 4 is 17.4 Å². The number of aliphatic imine (C=N–C) groups is 1. The van der Waals surface area contributed by atoms with Crippen molar-refractivity contribution in [3.63, 3.8) is 0 Å². The van der Waals surface area contributed by atoms with Gasteiger partial charge in [-0.3, -0.25) is 4.99 Å². The van der Waals surface area contributed by atoms with E-state index in [9.17, 15) is 4.39 Å². The Balaban J connectivity index is 2.27. The van der Waals surface area contributed by atoms with Gasteiger partial charge in [0.2, 0.25) is 0 Å². The second kappa shape index (κ2) is 6.87. The van der Waals surface area contributed by atoms with Crippen molar-refractivity contribution in [2.45, 2.75) is 44.6 Å². The van der Waals surface area contributed by atoms with Gasteiger partial charge in [0.15, 0.2) is 0 Å². The predicted octanol–water partition coefficient (Wildman–Crippen LogP) is 3.41. The standard InChI is InChI=1S/C14H19ClFN3/c15-11-8-5-9-12(16)13(11)14(19-17)18-10-6-3-1-2-4-7-10/h5,8-10H,1-4,6-7,17H2,(H,18,19). The fourth-order valence-electron chi connectivity index (χ4n) is 2.47. The summed E-state index contributed by atoms with van der Waals surface area (Å²) in [5.74, 6) is 5.43. The van der Waals surface area contributed by atoms with Crippen molar-refractivity contribution in [2.24, 2.45) is 10.8 Å². The molecule has 3 nitrogen and oxygen atoms in total. The number of hydrogen-bond acceptors (Lipinski definition) is 2. The van der Waals surface area contributed by atoms with Gasteiger partial charge in [0.05, 0.1) is 16.6 Å². The van der Waals surface area contributed by atoms with Gasteiger partial charge in [-0.15, -0.1) is 0 Å². The van der Waals surface area contributed by atoms with Crippen LogP contribution in [0.5, 0.6) is 0 Å². The van der Waals surface area contributed by atoms with Crippen LogP contribution in [0.2, 0.25) is 5.02 Å². The highest BCUT2D eigenvalue weighted by Gasteiger charge is 2.16. The average molecular weight is 284 g/mol. The van der Waals surface area contributed by atoms with E-state index in [1.54, 1.807) is 12.1 Å². The maximum absolute atomic E-state index is 13.9. The maximum atomic E-state index is 13.9. The Morgan fingerprint density at radius 2 is 1.95 bits per heavy atom. The molecule has 5 heteroatoms. The minimum absolute atomic E-state index is 0.198. The van der Waals surface area contributed by atoms with Gasteiger partial charge < -0.3 is 5.43 Å². The highest BCUT2D eigenvalue weighted by atomic mass is 35.5. The molecule has 3 N–H and O–H groups in total. The van der Waals surface area contributed by atoms with Gasteiger partial charge in [-0.2, -0.15) is 0 Å². The first-order valence-corrected chi connectivity index (χ1v) is 7.09. The van der Waals surface area contributed by atoms with E-state index in [-0.39, 0.29) is 11.6 Å². The van der Waals surface area contributed by atoms with E-state index < -0.39 is 5.82 Å². The third-order valence-electron chi connectivity index (χ3n) is 3.47. The maximum Gasteiger partial charge on any atom is 0.147 e. The van der Waals surface area contributed by atoms with Crippen LogP contribution in [0, 0.1) is 5.82 Å². The molecule has 104 valence electrons. The molecule has 0 saturated heterocycles. The van der Waals surface area contributed by atoms with Crippen LogP contribution in [0.3, 0.4) is 0 Å². The van der Waals surface area contributed by atoms with Gasteiger partial charge in [0, 0.05) is 0 Å². The molecule has 1 aromatic rings. The SMILES string of the molecule is NNC(=NC1CCCCCC1)c1c(F)cccc1Cl. The zero-order chi connectivity index (χ0) is 13.7. The zero-order valence-corrected chi connectivity index (χ0v) is 11.6. The van der Waals surface area contributed by atoms with Crippen molar-refractivity contribution < 1.29 is 4.39 Å². The molecule has 1 fully saturated rings. The van der Waals surface area contributed by atoms with Crippen molar-refractivity contribution in [3.8, 4) is 0 Å². The number of nitrogens with two attached hydrogens (primary N) is 1. The first-order chi connectivity index (χ1) is 9.22. The third-order valence-corrected chi connectivity index (χ3v) is 3.79. The second-order valence-corrected chi connectivity index (χ2v) is 5.27. The second-order valence-electron chi connectivity index (χ2n) is 4.86. The number of hydrogen-bond donors (Lipinski definition) is 2. The monoisotopic (exact) mass is 283 g/mol. The molecule has 0 spiro atoms. The molecular weight excluding hydrogens is 265 g/mol. The molecule has 2 rings (SSSR count). The summed E-state index contributed by atoms with van der Waals surface area (Å²) in [6, 6.07) is 4.77. The van der Waals surface area contributed by atoms with Crippen LogP contribution in [0.1, 0.15) is 44.1 Å². The summed E-state index contributed by atoms with van der Waals surface area (Å²) < 4.78 is 13.9. The van der Waals surface area contributed by atoms with Crippen LogP contribution >= 0.6 is 11.6 Å². The van der Waals surface area contributed by atoms with Crippen LogP contribution in [0.4, 0.5) is 4.39 Å². The smallest absolute Gasteiger partial charge is 0.147 e. The molecule has 0 amide bonds. The Morgan fingerprint density at radius 1 is 1.26 bits per heavy atom. The van der Waals surface area contributed by atoms with Crippen LogP contribution in [-0.4, -0.2) is 11.9 Å². The molecule has 1 aromatic carbocycles. The summed E-state index contributed by atoms with van der Waals surface area (Å²) in [6.07, 6.45) is 6.87. The molecule has 1 aliphatic rings. The Bertz CT molecular complexity index is 434. The summed E-state index contributed by atoms with van der Waals surface area (Å²) >= 11 is 6.04. The van der Waals surface area contributed by atoms with Crippen LogP contribution in [0.15, 0.2) is 23.2 Å². The Kier molecular flexibility index (Phi) is 5.16. The molecule has 0 bridgehead atoms. The Hall–Kier alpha value is -1.13. The average Bonchev–Trinajstić information content (AvgIpc) is 2.65. The normalized spacial score (nSPS) is 18.2. The lowest BCUT2D eigenvalue weighted by atomic mass is 10.1. The lowest BCUT2D eigenvalue weighted by Crippen LogP contribution is -2.33. The summed E-state index contributed by atoms with van der Waals surface area (Å²) in [4.78, 5) is 4.56. The van der Waals surface area contributed by atoms with Crippen molar-refractivity contribution in [1.29, 1.82) is 0 Å². The molecule has 0 unspecified atom stereocenters. The number of amidine groups is 1. The Morgan fingerprint density at radius 3 is 2.53 bits per heavy atom. The number of nitrogens with zero attached hydrogens (tertiary/aromatic N) is 1. The molecule has 19 heavy (non-hydrogen) atoms. The lowest BCUT2D eigenvalue weighted by Gasteiger charge is -2.14. The van der Waals surface area contributed by atoms with Crippen LogP contribution in [0.25, 0.3) is 0 Å². The summed E-state index contributed by atoms with van der Waals surface area (Å²) in [5, 5.41) is 0.324. The Labute approximate surface area is 118 Å². The van der Waals surface area contributed by atoms with E-state index in [0.29, 0.717) is 10.9 Å². The van der Waals surface area contributed by atoms with Gasteiger partial charge in [0.25, 0.3) is 0 Å². The summed E-state index contributed by atoms with van der Waals surface area (Å²) in [7, 11) is 0. The van der Waals surface area contributed by atoms with Gasteiger partial charge in [0.1, 0.15) is 11.7 Å². The van der Waals surface area contributed by atoms with Gasteiger partial charge in [-0.05, 0) is 25.0 Å². The van der Waals surface area contributed by atoms with E-state index in [1.165, 1.54) is 18.9 Å². The highest BCUT2D eigenvalue weighted by molar-refractivity contribution is 6.34. The molecule has 1 saturated carbocycles. The topological polar surface area (TPSA) is 50.4 Å². The van der Waals surface area contributed by atoms with Gasteiger partial charge in [-0.1, -0.05) is 43.4 Å². The molecule has 1 aliphatic carbocycles. The summed E-state index contributed by atoms with van der Waals surface area (Å²) in [5.41, 5.74) is 2.75. The number of benzene rings is 1. The largest absolute Gasteiger partial charge is 0.308 e. The van der Waals surface area contributed by atoms with E-state index in [2.05, 4.69) is 10.4 Å². The first kappa shape index (κ1) is 14.3. The molecule has 0 heterocycles. The van der Waals surface area contributed by atoms with Gasteiger partial charge in [-0.25, -0.2) is 10.2 Å². The van der Waals surface area contributed by atoms with E-state index in [4.69, 9.17) is 17.4 Å². The number of nitrogens with one attached hydrogen (secondary N) is 1. The predicted molar refractivity (Wildman–Crippen MR) is 76.8 cm³/mol. The molecular formula is C14H19ClFN3. The van der Waals surface area contributed by atoms with Crippen molar-refractivity contribution in [1.82, 2.24) is 5.43 Å². The minimum Gasteiger partial charge on any atom is -0.308 e. The summed E-state index contributed by atoms with van der Waals surface area (Å²) in [6.45, 7) is 0. The van der Waals surface area contributed by atoms with Crippen molar-refractivity contribution in [2.75, 3.05) is 0 Å². The lowest BCUT2D eigenvalue weighted by molar-refractivity contribution is 0.581. The molecule has 0 radical (unpaired) electrons. The fourth-order valence-corrected chi connectivity index (χ4v) is 2.72. The van der Waals surface area contributed by atoms with Crippen LogP contribution < -0.4 is 11.3 Å². The minimum atomic E-state index is -0.405. The molecule has 0 atom stereocenters. The highest BCUT2D eigenvalue weighted by Crippen LogP contribution is 2.23. The van der Waals surface area contributed by atoms with Crippen LogP contribution in [-0.2, 0) is 0 Å².